The molecular weight excluding hydrogens is 246 g/mol. The highest BCUT2D eigenvalue weighted by Crippen LogP contribution is 2.24. The number of aromatic amines is 2. The molecule has 2 aromatic heterocycles. The Labute approximate surface area is 107 Å². The normalized spacial score (nSPS) is 10.5. The number of benzene rings is 1. The fraction of sp³-hybridized carbons (Fsp3) is 0. The van der Waals surface area contributed by atoms with Gasteiger partial charge in [0, 0.05) is 0 Å². The van der Waals surface area contributed by atoms with Gasteiger partial charge in [-0.15, -0.1) is 0 Å². The Balaban J connectivity index is 2.17. The number of nitrogens with zero attached hydrogens (tertiary/aromatic N) is 3. The second-order valence-electron chi connectivity index (χ2n) is 3.81. The van der Waals surface area contributed by atoms with Gasteiger partial charge in [-0.2, -0.15) is 10.1 Å². The van der Waals surface area contributed by atoms with Gasteiger partial charge in [0.1, 0.15) is 11.9 Å². The SMILES string of the molecule is O=c1[nH]c(-c2ncn[nH]2)nc(O)c1-c1ccccc1. The lowest BCUT2D eigenvalue weighted by molar-refractivity contribution is 0.454. The van der Waals surface area contributed by atoms with Gasteiger partial charge in [-0.1, -0.05) is 30.3 Å². The summed E-state index contributed by atoms with van der Waals surface area (Å²) in [5.74, 6) is 0.0769. The van der Waals surface area contributed by atoms with Crippen LogP contribution in [0, 0.1) is 0 Å². The highest BCUT2D eigenvalue weighted by Gasteiger charge is 2.14. The molecule has 0 amide bonds. The third-order valence-electron chi connectivity index (χ3n) is 2.60. The van der Waals surface area contributed by atoms with Crippen LogP contribution in [-0.2, 0) is 0 Å². The van der Waals surface area contributed by atoms with Crippen molar-refractivity contribution >= 4 is 0 Å². The van der Waals surface area contributed by atoms with E-state index in [1.165, 1.54) is 6.33 Å². The van der Waals surface area contributed by atoms with Crippen LogP contribution in [0.25, 0.3) is 22.8 Å². The summed E-state index contributed by atoms with van der Waals surface area (Å²) in [6.07, 6.45) is 1.29. The number of H-pyrrole nitrogens is 2. The van der Waals surface area contributed by atoms with E-state index < -0.39 is 5.56 Å². The average molecular weight is 255 g/mol. The molecule has 7 nitrogen and oxygen atoms in total. The van der Waals surface area contributed by atoms with Crippen molar-refractivity contribution in [1.82, 2.24) is 25.1 Å². The van der Waals surface area contributed by atoms with Gasteiger partial charge in [-0.05, 0) is 5.56 Å². The first-order valence-electron chi connectivity index (χ1n) is 5.50. The van der Waals surface area contributed by atoms with Crippen molar-refractivity contribution in [2.75, 3.05) is 0 Å². The van der Waals surface area contributed by atoms with Crippen LogP contribution in [0.3, 0.4) is 0 Å². The minimum absolute atomic E-state index is 0.129. The van der Waals surface area contributed by atoms with E-state index in [0.29, 0.717) is 5.56 Å². The summed E-state index contributed by atoms with van der Waals surface area (Å²) in [7, 11) is 0. The fourth-order valence-corrected chi connectivity index (χ4v) is 1.76. The summed E-state index contributed by atoms with van der Waals surface area (Å²) in [5.41, 5.74) is 0.284. The first-order valence-corrected chi connectivity index (χ1v) is 5.50. The Kier molecular flexibility index (Phi) is 2.57. The van der Waals surface area contributed by atoms with E-state index in [-0.39, 0.29) is 23.1 Å². The summed E-state index contributed by atoms with van der Waals surface area (Å²) < 4.78 is 0. The van der Waals surface area contributed by atoms with Crippen LogP contribution in [-0.4, -0.2) is 30.3 Å². The van der Waals surface area contributed by atoms with Crippen LogP contribution in [0.2, 0.25) is 0 Å². The molecule has 0 radical (unpaired) electrons. The van der Waals surface area contributed by atoms with Crippen LogP contribution in [0.4, 0.5) is 0 Å². The Morgan fingerprint density at radius 3 is 2.53 bits per heavy atom. The summed E-state index contributed by atoms with van der Waals surface area (Å²) in [4.78, 5) is 22.4. The van der Waals surface area contributed by atoms with Crippen LogP contribution >= 0.6 is 0 Å². The zero-order chi connectivity index (χ0) is 13.2. The predicted molar refractivity (Wildman–Crippen MR) is 67.3 cm³/mol. The van der Waals surface area contributed by atoms with Crippen molar-refractivity contribution < 1.29 is 5.11 Å². The Morgan fingerprint density at radius 1 is 1.11 bits per heavy atom. The fourth-order valence-electron chi connectivity index (χ4n) is 1.76. The van der Waals surface area contributed by atoms with Gasteiger partial charge >= 0.3 is 0 Å². The molecule has 19 heavy (non-hydrogen) atoms. The molecule has 0 aliphatic carbocycles. The summed E-state index contributed by atoms with van der Waals surface area (Å²) in [6.45, 7) is 0. The number of aromatic nitrogens is 5. The maximum atomic E-state index is 12.0. The molecule has 0 fully saturated rings. The van der Waals surface area contributed by atoms with Crippen molar-refractivity contribution in [2.24, 2.45) is 0 Å². The minimum Gasteiger partial charge on any atom is -0.493 e. The van der Waals surface area contributed by atoms with Gasteiger partial charge in [-0.3, -0.25) is 9.89 Å². The third-order valence-corrected chi connectivity index (χ3v) is 2.60. The standard InChI is InChI=1S/C12H9N5O2/c18-11-8(7-4-2-1-3-5-7)12(19)16-10(15-11)9-13-6-14-17-9/h1-6H,(H,13,14,17)(H2,15,16,18,19). The topological polar surface area (TPSA) is 108 Å². The van der Waals surface area contributed by atoms with E-state index in [0.717, 1.165) is 0 Å². The summed E-state index contributed by atoms with van der Waals surface area (Å²) in [6, 6.07) is 8.82. The lowest BCUT2D eigenvalue weighted by Gasteiger charge is -2.04. The largest absolute Gasteiger partial charge is 0.493 e. The highest BCUT2D eigenvalue weighted by molar-refractivity contribution is 5.68. The molecule has 0 saturated heterocycles. The molecule has 0 aliphatic heterocycles. The molecule has 0 bridgehead atoms. The molecule has 7 heteroatoms. The van der Waals surface area contributed by atoms with Gasteiger partial charge in [-0.25, -0.2) is 4.98 Å². The van der Waals surface area contributed by atoms with Crippen molar-refractivity contribution in [3.63, 3.8) is 0 Å². The Bertz CT molecular complexity index is 750. The molecule has 0 atom stereocenters. The van der Waals surface area contributed by atoms with E-state index in [2.05, 4.69) is 25.1 Å². The first kappa shape index (κ1) is 11.1. The maximum Gasteiger partial charge on any atom is 0.263 e. The van der Waals surface area contributed by atoms with E-state index in [4.69, 9.17) is 0 Å². The monoisotopic (exact) mass is 255 g/mol. The van der Waals surface area contributed by atoms with E-state index in [1.807, 2.05) is 6.07 Å². The predicted octanol–water partition coefficient (Wildman–Crippen LogP) is 0.928. The van der Waals surface area contributed by atoms with E-state index in [9.17, 15) is 9.90 Å². The molecule has 94 valence electrons. The Morgan fingerprint density at radius 2 is 1.89 bits per heavy atom. The van der Waals surface area contributed by atoms with Crippen LogP contribution in [0.5, 0.6) is 5.88 Å². The van der Waals surface area contributed by atoms with Gasteiger partial charge in [0.15, 0.2) is 11.6 Å². The molecule has 0 unspecified atom stereocenters. The number of nitrogens with one attached hydrogen (secondary N) is 2. The molecule has 0 aliphatic rings. The first-order chi connectivity index (χ1) is 9.25. The van der Waals surface area contributed by atoms with E-state index in [1.54, 1.807) is 24.3 Å². The molecular formula is C12H9N5O2. The van der Waals surface area contributed by atoms with Gasteiger partial charge < -0.3 is 10.1 Å². The molecule has 3 rings (SSSR count). The molecule has 0 spiro atoms. The zero-order valence-electron chi connectivity index (χ0n) is 9.66. The molecule has 2 heterocycles. The smallest absolute Gasteiger partial charge is 0.263 e. The van der Waals surface area contributed by atoms with Gasteiger partial charge in [0.2, 0.25) is 5.88 Å². The van der Waals surface area contributed by atoms with Crippen LogP contribution in [0.1, 0.15) is 0 Å². The average Bonchev–Trinajstić information content (AvgIpc) is 2.93. The molecule has 1 aromatic carbocycles. The minimum atomic E-state index is -0.440. The van der Waals surface area contributed by atoms with Crippen molar-refractivity contribution in [2.45, 2.75) is 0 Å². The lowest BCUT2D eigenvalue weighted by Crippen LogP contribution is -2.12. The van der Waals surface area contributed by atoms with Gasteiger partial charge in [0.05, 0.1) is 0 Å². The lowest BCUT2D eigenvalue weighted by atomic mass is 10.1. The van der Waals surface area contributed by atoms with Crippen molar-refractivity contribution in [1.29, 1.82) is 0 Å². The second kappa shape index (κ2) is 4.37. The highest BCUT2D eigenvalue weighted by atomic mass is 16.3. The maximum absolute atomic E-state index is 12.0. The number of hydrogen-bond acceptors (Lipinski definition) is 5. The third kappa shape index (κ3) is 1.97. The number of hydrogen-bond donors (Lipinski definition) is 3. The van der Waals surface area contributed by atoms with Crippen molar-refractivity contribution in [3.05, 3.63) is 47.0 Å². The molecule has 3 aromatic rings. The quantitative estimate of drug-likeness (QED) is 0.631. The summed E-state index contributed by atoms with van der Waals surface area (Å²) in [5, 5.41) is 16.2. The second-order valence-corrected chi connectivity index (χ2v) is 3.81. The molecule has 3 N–H and O–H groups in total. The molecule has 0 saturated carbocycles. The zero-order valence-corrected chi connectivity index (χ0v) is 9.66. The Hall–Kier alpha value is -2.96. The van der Waals surface area contributed by atoms with Crippen LogP contribution < -0.4 is 5.56 Å². The summed E-state index contributed by atoms with van der Waals surface area (Å²) >= 11 is 0. The number of rotatable bonds is 2. The van der Waals surface area contributed by atoms with Crippen molar-refractivity contribution in [3.8, 4) is 28.7 Å². The van der Waals surface area contributed by atoms with Gasteiger partial charge in [0.25, 0.3) is 5.56 Å². The van der Waals surface area contributed by atoms with Crippen LogP contribution in [0.15, 0.2) is 41.5 Å². The van der Waals surface area contributed by atoms with E-state index >= 15 is 0 Å². The number of aromatic hydroxyl groups is 1.